The van der Waals surface area contributed by atoms with Crippen LogP contribution in [0.15, 0.2) is 29.2 Å². The Balaban J connectivity index is 2.13. The van der Waals surface area contributed by atoms with Crippen LogP contribution in [-0.2, 0) is 4.74 Å². The number of thiol groups is 1. The minimum atomic E-state index is -0.245. The minimum Gasteiger partial charge on any atom is -0.453 e. The minimum absolute atomic E-state index is 0.131. The van der Waals surface area contributed by atoms with Crippen LogP contribution in [0.1, 0.15) is 13.8 Å². The maximum Gasteiger partial charge on any atom is 0.410 e. The molecule has 0 aromatic heterocycles. The summed E-state index contributed by atoms with van der Waals surface area (Å²) in [6.45, 7) is 5.72. The summed E-state index contributed by atoms with van der Waals surface area (Å²) < 4.78 is 4.85. The molecule has 2 atom stereocenters. The van der Waals surface area contributed by atoms with Crippen LogP contribution in [0.2, 0.25) is 0 Å². The maximum atomic E-state index is 11.8. The van der Waals surface area contributed by atoms with Crippen molar-refractivity contribution in [3.05, 3.63) is 24.3 Å². The van der Waals surface area contributed by atoms with Gasteiger partial charge >= 0.3 is 6.09 Å². The average molecular weight is 280 g/mol. The molecule has 0 bridgehead atoms. The first-order valence-electron chi connectivity index (χ1n) is 6.43. The molecule has 1 fully saturated rings. The number of carbonyl (C=O) groups is 1. The molecule has 2 rings (SSSR count). The van der Waals surface area contributed by atoms with E-state index in [0.717, 1.165) is 18.0 Å². The van der Waals surface area contributed by atoms with Gasteiger partial charge in [-0.15, -0.1) is 12.6 Å². The Labute approximate surface area is 119 Å². The zero-order valence-electron chi connectivity index (χ0n) is 11.5. The number of carbonyl (C=O) groups excluding carboxylic acids is 1. The third kappa shape index (κ3) is 2.97. The van der Waals surface area contributed by atoms with Crippen LogP contribution < -0.4 is 4.90 Å². The first-order chi connectivity index (χ1) is 9.02. The molecule has 5 heteroatoms. The van der Waals surface area contributed by atoms with Crippen LogP contribution >= 0.6 is 12.6 Å². The van der Waals surface area contributed by atoms with Crippen LogP contribution in [-0.4, -0.2) is 43.3 Å². The Hall–Kier alpha value is -1.36. The van der Waals surface area contributed by atoms with Crippen molar-refractivity contribution < 1.29 is 9.53 Å². The molecule has 0 aliphatic carbocycles. The Kier molecular flexibility index (Phi) is 4.24. The van der Waals surface area contributed by atoms with Crippen molar-refractivity contribution in [2.24, 2.45) is 0 Å². The van der Waals surface area contributed by atoms with Gasteiger partial charge in [-0.25, -0.2) is 4.79 Å². The van der Waals surface area contributed by atoms with Crippen LogP contribution in [0, 0.1) is 0 Å². The van der Waals surface area contributed by atoms with Gasteiger partial charge in [0.15, 0.2) is 0 Å². The summed E-state index contributed by atoms with van der Waals surface area (Å²) in [6, 6.07) is 8.37. The lowest BCUT2D eigenvalue weighted by Gasteiger charge is -2.44. The fourth-order valence-electron chi connectivity index (χ4n) is 2.66. The molecule has 19 heavy (non-hydrogen) atoms. The highest BCUT2D eigenvalue weighted by molar-refractivity contribution is 7.80. The summed E-state index contributed by atoms with van der Waals surface area (Å²) in [5, 5.41) is 0. The lowest BCUT2D eigenvalue weighted by atomic mass is 10.1. The molecule has 104 valence electrons. The normalized spacial score (nSPS) is 23.4. The number of piperazine rings is 1. The lowest BCUT2D eigenvalue weighted by Crippen LogP contribution is -2.58. The van der Waals surface area contributed by atoms with E-state index in [1.54, 1.807) is 0 Å². The zero-order chi connectivity index (χ0) is 14.0. The average Bonchev–Trinajstić information content (AvgIpc) is 2.38. The summed E-state index contributed by atoms with van der Waals surface area (Å²) in [7, 11) is 1.43. The Bertz CT molecular complexity index is 437. The van der Waals surface area contributed by atoms with E-state index in [-0.39, 0.29) is 18.2 Å². The van der Waals surface area contributed by atoms with E-state index in [1.807, 2.05) is 30.9 Å². The number of nitrogens with zero attached hydrogens (tertiary/aromatic N) is 2. The van der Waals surface area contributed by atoms with Gasteiger partial charge in [-0.2, -0.15) is 0 Å². The molecule has 2 unspecified atom stereocenters. The highest BCUT2D eigenvalue weighted by Crippen LogP contribution is 2.24. The van der Waals surface area contributed by atoms with Crippen molar-refractivity contribution in [2.45, 2.75) is 30.8 Å². The molecule has 4 nitrogen and oxygen atoms in total. The smallest absolute Gasteiger partial charge is 0.410 e. The highest BCUT2D eigenvalue weighted by atomic mass is 32.1. The van der Waals surface area contributed by atoms with Crippen LogP contribution in [0.25, 0.3) is 0 Å². The molecule has 1 aromatic carbocycles. The fourth-order valence-corrected chi connectivity index (χ4v) is 2.81. The maximum absolute atomic E-state index is 11.8. The molecular formula is C14H20N2O2S. The number of methoxy groups -OCH3 is 1. The number of ether oxygens (including phenoxy) is 1. The summed E-state index contributed by atoms with van der Waals surface area (Å²) in [5.74, 6) is 0. The molecule has 1 heterocycles. The standard InChI is InChI=1S/C14H20N2O2S/c1-10-8-15(12-4-6-13(19)7-5-12)9-11(2)16(10)14(17)18-3/h4-7,10-11,19H,8-9H2,1-3H3. The molecule has 1 aliphatic rings. The SMILES string of the molecule is COC(=O)N1C(C)CN(c2ccc(S)cc2)CC1C. The topological polar surface area (TPSA) is 32.8 Å². The Morgan fingerprint density at radius 3 is 2.21 bits per heavy atom. The second-order valence-corrected chi connectivity index (χ2v) is 5.51. The van der Waals surface area contributed by atoms with Crippen LogP contribution in [0.5, 0.6) is 0 Å². The first-order valence-corrected chi connectivity index (χ1v) is 6.88. The van der Waals surface area contributed by atoms with Crippen molar-refractivity contribution in [1.82, 2.24) is 4.90 Å². The van der Waals surface area contributed by atoms with Gasteiger partial charge in [0.2, 0.25) is 0 Å². The molecule has 0 N–H and O–H groups in total. The summed E-state index contributed by atoms with van der Waals surface area (Å²) in [5.41, 5.74) is 1.17. The van der Waals surface area contributed by atoms with E-state index < -0.39 is 0 Å². The van der Waals surface area contributed by atoms with Crippen molar-refractivity contribution >= 4 is 24.4 Å². The summed E-state index contributed by atoms with van der Waals surface area (Å²) in [6.07, 6.45) is -0.245. The van der Waals surface area contributed by atoms with Crippen molar-refractivity contribution in [3.63, 3.8) is 0 Å². The van der Waals surface area contributed by atoms with Gasteiger partial charge in [-0.1, -0.05) is 0 Å². The largest absolute Gasteiger partial charge is 0.453 e. The Morgan fingerprint density at radius 1 is 1.21 bits per heavy atom. The van der Waals surface area contributed by atoms with Crippen molar-refractivity contribution in [3.8, 4) is 0 Å². The molecular weight excluding hydrogens is 260 g/mol. The van der Waals surface area contributed by atoms with Crippen molar-refractivity contribution in [2.75, 3.05) is 25.1 Å². The first kappa shape index (κ1) is 14.1. The number of hydrogen-bond donors (Lipinski definition) is 1. The molecule has 0 spiro atoms. The van der Waals surface area contributed by atoms with E-state index in [2.05, 4.69) is 29.7 Å². The quantitative estimate of drug-likeness (QED) is 0.803. The molecule has 1 aromatic rings. The second kappa shape index (κ2) is 5.74. The second-order valence-electron chi connectivity index (χ2n) is 5.00. The molecule has 0 radical (unpaired) electrons. The van der Waals surface area contributed by atoms with Crippen molar-refractivity contribution in [1.29, 1.82) is 0 Å². The molecule has 1 saturated heterocycles. The third-order valence-electron chi connectivity index (χ3n) is 3.52. The summed E-state index contributed by atoms with van der Waals surface area (Å²) in [4.78, 5) is 16.8. The number of anilines is 1. The summed E-state index contributed by atoms with van der Waals surface area (Å²) >= 11 is 4.30. The molecule has 1 amide bonds. The zero-order valence-corrected chi connectivity index (χ0v) is 12.4. The van der Waals surface area contributed by atoms with E-state index in [9.17, 15) is 4.79 Å². The van der Waals surface area contributed by atoms with Gasteiger partial charge in [0.05, 0.1) is 19.2 Å². The van der Waals surface area contributed by atoms with E-state index >= 15 is 0 Å². The predicted octanol–water partition coefficient (Wildman–Crippen LogP) is 2.64. The van der Waals surface area contributed by atoms with Gasteiger partial charge in [0, 0.05) is 23.7 Å². The van der Waals surface area contributed by atoms with Gasteiger partial charge in [-0.3, -0.25) is 4.90 Å². The van der Waals surface area contributed by atoms with E-state index in [1.165, 1.54) is 12.8 Å². The van der Waals surface area contributed by atoms with E-state index in [4.69, 9.17) is 4.74 Å². The monoisotopic (exact) mass is 280 g/mol. The number of rotatable bonds is 1. The third-order valence-corrected chi connectivity index (χ3v) is 3.82. The van der Waals surface area contributed by atoms with Crippen LogP contribution in [0.4, 0.5) is 10.5 Å². The van der Waals surface area contributed by atoms with Gasteiger partial charge in [0.25, 0.3) is 0 Å². The fraction of sp³-hybridized carbons (Fsp3) is 0.500. The molecule has 1 aliphatic heterocycles. The van der Waals surface area contributed by atoms with E-state index in [0.29, 0.717) is 0 Å². The highest BCUT2D eigenvalue weighted by Gasteiger charge is 2.33. The molecule has 0 saturated carbocycles. The van der Waals surface area contributed by atoms with Gasteiger partial charge < -0.3 is 9.64 Å². The predicted molar refractivity (Wildman–Crippen MR) is 79.1 cm³/mol. The Morgan fingerprint density at radius 2 is 1.74 bits per heavy atom. The van der Waals surface area contributed by atoms with Gasteiger partial charge in [-0.05, 0) is 38.1 Å². The van der Waals surface area contributed by atoms with Gasteiger partial charge in [0.1, 0.15) is 0 Å². The lowest BCUT2D eigenvalue weighted by molar-refractivity contribution is 0.0820. The number of hydrogen-bond acceptors (Lipinski definition) is 4. The number of benzene rings is 1. The number of amides is 1. The van der Waals surface area contributed by atoms with Crippen LogP contribution in [0.3, 0.4) is 0 Å².